The first-order valence-corrected chi connectivity index (χ1v) is 12.8. The second-order valence-corrected chi connectivity index (χ2v) is 9.95. The molecule has 0 atom stereocenters. The van der Waals surface area contributed by atoms with Crippen molar-refractivity contribution in [2.24, 2.45) is 0 Å². The van der Waals surface area contributed by atoms with Crippen molar-refractivity contribution in [3.63, 3.8) is 0 Å². The third-order valence-corrected chi connectivity index (χ3v) is 7.78. The van der Waals surface area contributed by atoms with Gasteiger partial charge in [0.15, 0.2) is 11.0 Å². The van der Waals surface area contributed by atoms with E-state index in [1.165, 1.54) is 11.3 Å². The first kappa shape index (κ1) is 21.5. The van der Waals surface area contributed by atoms with Gasteiger partial charge in [0, 0.05) is 31.5 Å². The summed E-state index contributed by atoms with van der Waals surface area (Å²) < 4.78 is 8.15. The molecule has 0 fully saturated rings. The molecule has 0 radical (unpaired) electrons. The number of benzene rings is 5. The van der Waals surface area contributed by atoms with Gasteiger partial charge < -0.3 is 9.32 Å². The SMILES string of the molecule is O=c1c2ccccc2sc2cc3c(=O)c4cccc(N(c5ccccc5)c5ccccc5)c4oc3cc12. The Hall–Kier alpha value is -4.74. The Kier molecular flexibility index (Phi) is 4.91. The van der Waals surface area contributed by atoms with Crippen LogP contribution in [0.15, 0.2) is 129 Å². The molecule has 0 saturated heterocycles. The number of nitrogens with zero attached hydrogens (tertiary/aromatic N) is 1. The van der Waals surface area contributed by atoms with Crippen LogP contribution in [0.3, 0.4) is 0 Å². The molecule has 0 bridgehead atoms. The van der Waals surface area contributed by atoms with Crippen molar-refractivity contribution in [3.05, 3.63) is 136 Å². The highest BCUT2D eigenvalue weighted by molar-refractivity contribution is 7.24. The van der Waals surface area contributed by atoms with Crippen molar-refractivity contribution < 1.29 is 4.42 Å². The third kappa shape index (κ3) is 3.44. The minimum atomic E-state index is -0.117. The largest absolute Gasteiger partial charge is 0.454 e. The van der Waals surface area contributed by atoms with E-state index in [4.69, 9.17) is 4.42 Å². The summed E-state index contributed by atoms with van der Waals surface area (Å²) in [5, 5.41) is 2.19. The van der Waals surface area contributed by atoms with Gasteiger partial charge in [-0.3, -0.25) is 9.59 Å². The number of hydrogen-bond donors (Lipinski definition) is 0. The first-order chi connectivity index (χ1) is 18.2. The van der Waals surface area contributed by atoms with Crippen LogP contribution in [0.25, 0.3) is 42.1 Å². The Labute approximate surface area is 215 Å². The molecule has 0 amide bonds. The minimum Gasteiger partial charge on any atom is -0.454 e. The molecule has 4 nitrogen and oxygen atoms in total. The lowest BCUT2D eigenvalue weighted by Crippen LogP contribution is -2.12. The van der Waals surface area contributed by atoms with Gasteiger partial charge in [-0.2, -0.15) is 0 Å². The molecule has 176 valence electrons. The lowest BCUT2D eigenvalue weighted by Gasteiger charge is -2.25. The molecule has 2 heterocycles. The maximum atomic E-state index is 13.8. The van der Waals surface area contributed by atoms with Crippen LogP contribution in [0, 0.1) is 0 Å². The Balaban J connectivity index is 1.56. The third-order valence-electron chi connectivity index (χ3n) is 6.64. The monoisotopic (exact) mass is 497 g/mol. The van der Waals surface area contributed by atoms with Crippen LogP contribution in [0.4, 0.5) is 17.1 Å². The maximum Gasteiger partial charge on any atom is 0.200 e. The molecule has 0 unspecified atom stereocenters. The zero-order valence-corrected chi connectivity index (χ0v) is 20.4. The topological polar surface area (TPSA) is 50.5 Å². The van der Waals surface area contributed by atoms with Gasteiger partial charge in [-0.15, -0.1) is 11.3 Å². The van der Waals surface area contributed by atoms with Crippen LogP contribution in [0.2, 0.25) is 0 Å². The molecule has 7 rings (SSSR count). The van der Waals surface area contributed by atoms with E-state index in [0.29, 0.717) is 32.7 Å². The Bertz CT molecular complexity index is 2040. The van der Waals surface area contributed by atoms with Crippen molar-refractivity contribution >= 4 is 70.5 Å². The second-order valence-electron chi connectivity index (χ2n) is 8.86. The maximum absolute atomic E-state index is 13.8. The summed E-state index contributed by atoms with van der Waals surface area (Å²) in [7, 11) is 0. The van der Waals surface area contributed by atoms with Crippen molar-refractivity contribution in [2.75, 3.05) is 4.90 Å². The van der Waals surface area contributed by atoms with Gasteiger partial charge in [0.2, 0.25) is 5.43 Å². The molecule has 37 heavy (non-hydrogen) atoms. The lowest BCUT2D eigenvalue weighted by molar-refractivity contribution is 0.660. The fraction of sp³-hybridized carbons (Fsp3) is 0. The molecule has 7 aromatic rings. The van der Waals surface area contributed by atoms with Gasteiger partial charge in [-0.1, -0.05) is 54.6 Å². The molecular formula is C32H19NO3S. The first-order valence-electron chi connectivity index (χ1n) is 11.9. The number of anilines is 3. The van der Waals surface area contributed by atoms with Crippen molar-refractivity contribution in [2.45, 2.75) is 0 Å². The Morgan fingerprint density at radius 1 is 0.541 bits per heavy atom. The minimum absolute atomic E-state index is 0.0579. The van der Waals surface area contributed by atoms with Gasteiger partial charge in [-0.25, -0.2) is 0 Å². The Morgan fingerprint density at radius 3 is 1.89 bits per heavy atom. The van der Waals surface area contributed by atoms with Gasteiger partial charge in [0.25, 0.3) is 0 Å². The highest BCUT2D eigenvalue weighted by atomic mass is 32.1. The van der Waals surface area contributed by atoms with E-state index in [1.54, 1.807) is 18.2 Å². The molecule has 0 N–H and O–H groups in total. The molecule has 0 aliphatic carbocycles. The van der Waals surface area contributed by atoms with Crippen LogP contribution >= 0.6 is 11.3 Å². The normalized spacial score (nSPS) is 11.5. The van der Waals surface area contributed by atoms with Crippen LogP contribution in [-0.2, 0) is 0 Å². The standard InChI is InChI=1S/C32H19NO3S/c34-30-22-14-7-8-17-28(22)37-29-19-24-27(18-25(29)30)36-32-23(31(24)35)15-9-16-26(32)33(20-10-3-1-4-11-20)21-12-5-2-6-13-21/h1-19H. The average molecular weight is 498 g/mol. The molecule has 5 aromatic carbocycles. The lowest BCUT2D eigenvalue weighted by atomic mass is 10.1. The Morgan fingerprint density at radius 2 is 1.16 bits per heavy atom. The van der Waals surface area contributed by atoms with Crippen molar-refractivity contribution in [1.82, 2.24) is 0 Å². The summed E-state index contributed by atoms with van der Waals surface area (Å²) in [5.74, 6) is 0. The van der Waals surface area contributed by atoms with E-state index in [-0.39, 0.29) is 10.9 Å². The van der Waals surface area contributed by atoms with Gasteiger partial charge >= 0.3 is 0 Å². The highest BCUT2D eigenvalue weighted by Gasteiger charge is 2.19. The van der Waals surface area contributed by atoms with E-state index in [9.17, 15) is 9.59 Å². The van der Waals surface area contributed by atoms with Gasteiger partial charge in [0.05, 0.1) is 16.5 Å². The number of para-hydroxylation sites is 3. The van der Waals surface area contributed by atoms with E-state index < -0.39 is 0 Å². The smallest absolute Gasteiger partial charge is 0.200 e. The summed E-state index contributed by atoms with van der Waals surface area (Å²) in [6, 6.07) is 36.7. The van der Waals surface area contributed by atoms with Crippen LogP contribution < -0.4 is 15.8 Å². The fourth-order valence-corrected chi connectivity index (χ4v) is 6.01. The molecule has 0 spiro atoms. The van der Waals surface area contributed by atoms with E-state index in [1.807, 2.05) is 97.1 Å². The zero-order chi connectivity index (χ0) is 24.9. The molecule has 5 heteroatoms. The summed E-state index contributed by atoms with van der Waals surface area (Å²) >= 11 is 1.51. The fourth-order valence-electron chi connectivity index (χ4n) is 4.91. The number of rotatable bonds is 3. The molecular weight excluding hydrogens is 478 g/mol. The van der Waals surface area contributed by atoms with Crippen LogP contribution in [-0.4, -0.2) is 0 Å². The molecule has 2 aromatic heterocycles. The highest BCUT2D eigenvalue weighted by Crippen LogP contribution is 2.39. The number of hydrogen-bond acceptors (Lipinski definition) is 5. The second kappa shape index (κ2) is 8.43. The van der Waals surface area contributed by atoms with Crippen molar-refractivity contribution in [1.29, 1.82) is 0 Å². The molecule has 0 aliphatic heterocycles. The van der Waals surface area contributed by atoms with Gasteiger partial charge in [-0.05, 0) is 60.7 Å². The predicted octanol–water partition coefficient (Wildman–Crippen LogP) is 8.14. The zero-order valence-electron chi connectivity index (χ0n) is 19.5. The summed E-state index contributed by atoms with van der Waals surface area (Å²) in [4.78, 5) is 29.2. The predicted molar refractivity (Wildman–Crippen MR) is 154 cm³/mol. The summed E-state index contributed by atoms with van der Waals surface area (Å²) in [6.07, 6.45) is 0. The van der Waals surface area contributed by atoms with Crippen molar-refractivity contribution in [3.8, 4) is 0 Å². The number of fused-ring (bicyclic) bond motifs is 4. The van der Waals surface area contributed by atoms with E-state index in [0.717, 1.165) is 26.5 Å². The average Bonchev–Trinajstić information content (AvgIpc) is 2.95. The summed E-state index contributed by atoms with van der Waals surface area (Å²) in [5.41, 5.74) is 3.33. The van der Waals surface area contributed by atoms with Crippen LogP contribution in [0.1, 0.15) is 0 Å². The molecule has 0 saturated carbocycles. The quantitative estimate of drug-likeness (QED) is 0.231. The van der Waals surface area contributed by atoms with Crippen LogP contribution in [0.5, 0.6) is 0 Å². The summed E-state index contributed by atoms with van der Waals surface area (Å²) in [6.45, 7) is 0. The van der Waals surface area contributed by atoms with Gasteiger partial charge in [0.1, 0.15) is 5.58 Å². The van der Waals surface area contributed by atoms with E-state index in [2.05, 4.69) is 4.90 Å². The molecule has 0 aliphatic rings. The van der Waals surface area contributed by atoms with E-state index >= 15 is 0 Å².